The zero-order valence-corrected chi connectivity index (χ0v) is 20.3. The molecule has 0 saturated carbocycles. The van der Waals surface area contributed by atoms with Crippen molar-refractivity contribution in [3.05, 3.63) is 114 Å². The van der Waals surface area contributed by atoms with Gasteiger partial charge in [0.25, 0.3) is 5.91 Å². The van der Waals surface area contributed by atoms with Crippen LogP contribution in [0.25, 0.3) is 17.0 Å². The Morgan fingerprint density at radius 1 is 0.833 bits per heavy atom. The number of amides is 1. The molecule has 1 saturated heterocycles. The van der Waals surface area contributed by atoms with Gasteiger partial charge in [0.15, 0.2) is 0 Å². The Labute approximate surface area is 212 Å². The number of likely N-dealkylation sites (tertiary alicyclic amines) is 1. The standard InChI is InChI=1S/C31H30N4O/c36-31-29(27-16-15-26(21-28(27)33-31)35-19-7-8-20-35)30(24-9-3-1-4-10-24)32-25-13-11-23(12-14-25)22-34-17-5-2-6-18-34/h1,3-4,7-16,19-21,32H,2,5-6,17-18,22H2,(H,33,36)/b30-29-. The molecular weight excluding hydrogens is 444 g/mol. The van der Waals surface area contributed by atoms with Crippen LogP contribution in [0.3, 0.4) is 0 Å². The van der Waals surface area contributed by atoms with E-state index in [-0.39, 0.29) is 5.91 Å². The van der Waals surface area contributed by atoms with Crippen LogP contribution in [0.4, 0.5) is 11.4 Å². The molecule has 1 aromatic heterocycles. The van der Waals surface area contributed by atoms with Crippen LogP contribution in [0.5, 0.6) is 0 Å². The fourth-order valence-electron chi connectivity index (χ4n) is 5.17. The highest BCUT2D eigenvalue weighted by Crippen LogP contribution is 2.38. The Kier molecular flexibility index (Phi) is 6.14. The molecule has 4 aromatic rings. The zero-order chi connectivity index (χ0) is 24.3. The number of aromatic nitrogens is 1. The molecule has 0 radical (unpaired) electrons. The van der Waals surface area contributed by atoms with Crippen molar-refractivity contribution < 1.29 is 4.79 Å². The summed E-state index contributed by atoms with van der Waals surface area (Å²) in [6.07, 6.45) is 7.94. The molecule has 0 spiro atoms. The highest BCUT2D eigenvalue weighted by atomic mass is 16.2. The van der Waals surface area contributed by atoms with Crippen molar-refractivity contribution in [3.8, 4) is 5.69 Å². The van der Waals surface area contributed by atoms with Crippen LogP contribution in [0.15, 0.2) is 97.3 Å². The minimum Gasteiger partial charge on any atom is -0.354 e. The van der Waals surface area contributed by atoms with E-state index in [4.69, 9.17) is 0 Å². The third-order valence-electron chi connectivity index (χ3n) is 7.04. The van der Waals surface area contributed by atoms with E-state index in [1.807, 2.05) is 71.6 Å². The van der Waals surface area contributed by atoms with Gasteiger partial charge >= 0.3 is 0 Å². The number of hydrogen-bond acceptors (Lipinski definition) is 3. The van der Waals surface area contributed by atoms with Gasteiger partial charge in [0.05, 0.1) is 17.0 Å². The number of anilines is 2. The lowest BCUT2D eigenvalue weighted by Gasteiger charge is -2.26. The van der Waals surface area contributed by atoms with Crippen LogP contribution >= 0.6 is 0 Å². The molecule has 2 N–H and O–H groups in total. The van der Waals surface area contributed by atoms with Crippen molar-refractivity contribution in [1.29, 1.82) is 0 Å². The summed E-state index contributed by atoms with van der Waals surface area (Å²) in [5.74, 6) is -0.0947. The smallest absolute Gasteiger partial charge is 0.258 e. The summed E-state index contributed by atoms with van der Waals surface area (Å²) in [4.78, 5) is 15.8. The second-order valence-electron chi connectivity index (χ2n) is 9.55. The molecule has 3 heterocycles. The first-order valence-corrected chi connectivity index (χ1v) is 12.7. The fourth-order valence-corrected chi connectivity index (χ4v) is 5.17. The van der Waals surface area contributed by atoms with Crippen LogP contribution < -0.4 is 10.6 Å². The molecule has 0 atom stereocenters. The van der Waals surface area contributed by atoms with E-state index in [0.717, 1.165) is 40.4 Å². The van der Waals surface area contributed by atoms with E-state index in [1.54, 1.807) is 0 Å². The van der Waals surface area contributed by atoms with Gasteiger partial charge in [0.1, 0.15) is 0 Å². The Morgan fingerprint density at radius 2 is 1.58 bits per heavy atom. The van der Waals surface area contributed by atoms with Crippen LogP contribution in [-0.2, 0) is 11.3 Å². The first-order chi connectivity index (χ1) is 17.7. The number of hydrogen-bond donors (Lipinski definition) is 2. The number of nitrogens with one attached hydrogen (secondary N) is 2. The first kappa shape index (κ1) is 22.4. The Balaban J connectivity index is 1.33. The van der Waals surface area contributed by atoms with E-state index < -0.39 is 0 Å². The predicted molar refractivity (Wildman–Crippen MR) is 147 cm³/mol. The maximum absolute atomic E-state index is 13.3. The van der Waals surface area contributed by atoms with Crippen molar-refractivity contribution >= 4 is 28.6 Å². The quantitative estimate of drug-likeness (QED) is 0.318. The molecule has 1 amide bonds. The van der Waals surface area contributed by atoms with Gasteiger partial charge in [-0.25, -0.2) is 0 Å². The average molecular weight is 475 g/mol. The summed E-state index contributed by atoms with van der Waals surface area (Å²) < 4.78 is 2.04. The van der Waals surface area contributed by atoms with E-state index >= 15 is 0 Å². The normalized spacial score (nSPS) is 16.9. The van der Waals surface area contributed by atoms with Crippen LogP contribution in [0, 0.1) is 0 Å². The molecular formula is C31H30N4O. The van der Waals surface area contributed by atoms with Crippen molar-refractivity contribution in [2.45, 2.75) is 25.8 Å². The van der Waals surface area contributed by atoms with Gasteiger partial charge < -0.3 is 15.2 Å². The number of fused-ring (bicyclic) bond motifs is 1. The second kappa shape index (κ2) is 9.88. The molecule has 5 heteroatoms. The number of piperidine rings is 1. The van der Waals surface area contributed by atoms with Gasteiger partial charge in [0, 0.05) is 35.9 Å². The van der Waals surface area contributed by atoms with Gasteiger partial charge in [0.2, 0.25) is 0 Å². The fraction of sp³-hybridized carbons (Fsp3) is 0.194. The van der Waals surface area contributed by atoms with Crippen molar-refractivity contribution in [1.82, 2.24) is 9.47 Å². The summed E-state index contributed by atoms with van der Waals surface area (Å²) >= 11 is 0. The predicted octanol–water partition coefficient (Wildman–Crippen LogP) is 6.40. The van der Waals surface area contributed by atoms with Gasteiger partial charge in [-0.2, -0.15) is 0 Å². The lowest BCUT2D eigenvalue weighted by molar-refractivity contribution is -0.110. The van der Waals surface area contributed by atoms with E-state index in [0.29, 0.717) is 5.57 Å². The molecule has 1 fully saturated rings. The van der Waals surface area contributed by atoms with E-state index in [2.05, 4.69) is 45.9 Å². The first-order valence-electron chi connectivity index (χ1n) is 12.7. The largest absolute Gasteiger partial charge is 0.354 e. The number of nitrogens with zero attached hydrogens (tertiary/aromatic N) is 2. The van der Waals surface area contributed by atoms with Gasteiger partial charge in [-0.15, -0.1) is 0 Å². The SMILES string of the molecule is O=C1Nc2cc(-n3cccc3)ccc2/C1=C(/Nc1ccc(CN2CCCCC2)cc1)c1ccccc1. The topological polar surface area (TPSA) is 49.3 Å². The molecule has 36 heavy (non-hydrogen) atoms. The summed E-state index contributed by atoms with van der Waals surface area (Å²) in [6, 6.07) is 28.8. The van der Waals surface area contributed by atoms with Gasteiger partial charge in [-0.3, -0.25) is 9.69 Å². The van der Waals surface area contributed by atoms with E-state index in [9.17, 15) is 4.79 Å². The molecule has 180 valence electrons. The van der Waals surface area contributed by atoms with Gasteiger partial charge in [-0.05, 0) is 79.5 Å². The van der Waals surface area contributed by atoms with Crippen LogP contribution in [0.1, 0.15) is 36.0 Å². The van der Waals surface area contributed by atoms with Crippen molar-refractivity contribution in [3.63, 3.8) is 0 Å². The Hall–Kier alpha value is -4.09. The minimum absolute atomic E-state index is 0.0947. The molecule has 5 nitrogen and oxygen atoms in total. The minimum atomic E-state index is -0.0947. The van der Waals surface area contributed by atoms with Crippen LogP contribution in [-0.4, -0.2) is 28.5 Å². The molecule has 0 bridgehead atoms. The highest BCUT2D eigenvalue weighted by Gasteiger charge is 2.29. The number of carbonyl (C=O) groups excluding carboxylic acids is 1. The van der Waals surface area contributed by atoms with Crippen molar-refractivity contribution in [2.24, 2.45) is 0 Å². The van der Waals surface area contributed by atoms with Crippen LogP contribution in [0.2, 0.25) is 0 Å². The second-order valence-corrected chi connectivity index (χ2v) is 9.55. The zero-order valence-electron chi connectivity index (χ0n) is 20.3. The van der Waals surface area contributed by atoms with Crippen molar-refractivity contribution in [2.75, 3.05) is 23.7 Å². The monoisotopic (exact) mass is 474 g/mol. The molecule has 2 aliphatic heterocycles. The number of benzene rings is 3. The summed E-state index contributed by atoms with van der Waals surface area (Å²) in [5.41, 5.74) is 7.47. The summed E-state index contributed by atoms with van der Waals surface area (Å²) in [5, 5.41) is 6.67. The summed E-state index contributed by atoms with van der Waals surface area (Å²) in [6.45, 7) is 3.36. The summed E-state index contributed by atoms with van der Waals surface area (Å²) in [7, 11) is 0. The highest BCUT2D eigenvalue weighted by molar-refractivity contribution is 6.37. The lowest BCUT2D eigenvalue weighted by atomic mass is 9.99. The molecule has 2 aliphatic rings. The Morgan fingerprint density at radius 3 is 2.33 bits per heavy atom. The lowest BCUT2D eigenvalue weighted by Crippen LogP contribution is -2.29. The third-order valence-corrected chi connectivity index (χ3v) is 7.04. The third kappa shape index (κ3) is 4.58. The maximum Gasteiger partial charge on any atom is 0.258 e. The molecule has 0 unspecified atom stereocenters. The molecule has 3 aromatic carbocycles. The average Bonchev–Trinajstić information content (AvgIpc) is 3.57. The molecule has 6 rings (SSSR count). The maximum atomic E-state index is 13.3. The molecule has 0 aliphatic carbocycles. The number of rotatable bonds is 6. The van der Waals surface area contributed by atoms with E-state index in [1.165, 1.54) is 37.9 Å². The Bertz CT molecular complexity index is 1380. The van der Waals surface area contributed by atoms with Gasteiger partial charge in [-0.1, -0.05) is 48.9 Å². The number of carbonyl (C=O) groups is 1.